The molecule has 0 spiro atoms. The van der Waals surface area contributed by atoms with Crippen LogP contribution in [-0.2, 0) is 19.1 Å². The summed E-state index contributed by atoms with van der Waals surface area (Å²) >= 11 is 0. The van der Waals surface area contributed by atoms with Crippen LogP contribution in [0.25, 0.3) is 6.08 Å². The average Bonchev–Trinajstić information content (AvgIpc) is 2.72. The molecule has 0 aromatic heterocycles. The highest BCUT2D eigenvalue weighted by atomic mass is 19.1. The van der Waals surface area contributed by atoms with Crippen molar-refractivity contribution in [2.45, 2.75) is 64.3 Å². The van der Waals surface area contributed by atoms with E-state index < -0.39 is 30.1 Å². The van der Waals surface area contributed by atoms with Gasteiger partial charge in [-0.2, -0.15) is 0 Å². The van der Waals surface area contributed by atoms with E-state index in [2.05, 4.69) is 10.6 Å². The van der Waals surface area contributed by atoms with Crippen LogP contribution in [0.3, 0.4) is 0 Å². The highest BCUT2D eigenvalue weighted by Gasteiger charge is 2.38. The van der Waals surface area contributed by atoms with Crippen molar-refractivity contribution in [3.05, 3.63) is 53.4 Å². The van der Waals surface area contributed by atoms with Gasteiger partial charge in [0.1, 0.15) is 5.82 Å². The number of nitrogens with one attached hydrogen (secondary N) is 2. The van der Waals surface area contributed by atoms with E-state index in [1.807, 2.05) is 13.8 Å². The number of amides is 2. The molecular formula is C23H29FN2O5. The first-order chi connectivity index (χ1) is 14.7. The third kappa shape index (κ3) is 7.32. The standard InChI is InChI=1S/C23H29FN2O5/c1-4-18(5-2)31-20-13-16(23(29)30)12-19(22(20)25-14(3)27)26-21(28)11-8-15-6-9-17(24)10-7-15/h6-11,13,18-20,22H,4-5,12H2,1-3H3,(H,25,27)(H,26,28)(H,29,30)/b11-8+/t19-,20+,22+/m0/s1. The fourth-order valence-corrected chi connectivity index (χ4v) is 3.48. The van der Waals surface area contributed by atoms with Gasteiger partial charge in [-0.25, -0.2) is 9.18 Å². The van der Waals surface area contributed by atoms with Crippen molar-refractivity contribution in [3.63, 3.8) is 0 Å². The summed E-state index contributed by atoms with van der Waals surface area (Å²) in [7, 11) is 0. The molecule has 0 fully saturated rings. The van der Waals surface area contributed by atoms with E-state index in [0.717, 1.165) is 12.8 Å². The van der Waals surface area contributed by atoms with Gasteiger partial charge in [-0.15, -0.1) is 0 Å². The normalized spacial score (nSPS) is 21.1. The molecule has 0 saturated carbocycles. The summed E-state index contributed by atoms with van der Waals surface area (Å²) in [6.45, 7) is 5.29. The van der Waals surface area contributed by atoms with Gasteiger partial charge in [-0.1, -0.05) is 26.0 Å². The highest BCUT2D eigenvalue weighted by molar-refractivity contribution is 5.92. The average molecular weight is 432 g/mol. The molecular weight excluding hydrogens is 403 g/mol. The second-order valence-electron chi connectivity index (χ2n) is 7.47. The Morgan fingerprint density at radius 3 is 2.39 bits per heavy atom. The van der Waals surface area contributed by atoms with Crippen LogP contribution in [0, 0.1) is 5.82 Å². The van der Waals surface area contributed by atoms with Crippen LogP contribution in [0.5, 0.6) is 0 Å². The molecule has 3 N–H and O–H groups in total. The zero-order chi connectivity index (χ0) is 23.0. The molecule has 1 aromatic rings. The van der Waals surface area contributed by atoms with Crippen LogP contribution in [0.4, 0.5) is 4.39 Å². The third-order valence-electron chi connectivity index (χ3n) is 5.12. The summed E-state index contributed by atoms with van der Waals surface area (Å²) in [5.41, 5.74) is 0.755. The number of carbonyl (C=O) groups excluding carboxylic acids is 2. The number of ether oxygens (including phenoxy) is 1. The van der Waals surface area contributed by atoms with Crippen molar-refractivity contribution in [3.8, 4) is 0 Å². The molecule has 0 aliphatic heterocycles. The van der Waals surface area contributed by atoms with E-state index in [4.69, 9.17) is 4.74 Å². The largest absolute Gasteiger partial charge is 0.478 e. The zero-order valence-electron chi connectivity index (χ0n) is 17.9. The van der Waals surface area contributed by atoms with E-state index in [1.54, 1.807) is 0 Å². The Labute approximate surface area is 181 Å². The van der Waals surface area contributed by atoms with E-state index in [9.17, 15) is 23.9 Å². The molecule has 31 heavy (non-hydrogen) atoms. The first kappa shape index (κ1) is 24.3. The Morgan fingerprint density at radius 1 is 1.19 bits per heavy atom. The number of benzene rings is 1. The Bertz CT molecular complexity index is 846. The predicted molar refractivity (Wildman–Crippen MR) is 115 cm³/mol. The van der Waals surface area contributed by atoms with Gasteiger partial charge in [0.15, 0.2) is 0 Å². The van der Waals surface area contributed by atoms with Gasteiger partial charge in [0.05, 0.1) is 24.3 Å². The summed E-state index contributed by atoms with van der Waals surface area (Å²) in [5, 5.41) is 15.1. The highest BCUT2D eigenvalue weighted by Crippen LogP contribution is 2.24. The molecule has 168 valence electrons. The van der Waals surface area contributed by atoms with Crippen molar-refractivity contribution in [1.82, 2.24) is 10.6 Å². The molecule has 0 radical (unpaired) electrons. The van der Waals surface area contributed by atoms with Gasteiger partial charge in [0, 0.05) is 25.0 Å². The molecule has 0 unspecified atom stereocenters. The van der Waals surface area contributed by atoms with Gasteiger partial charge < -0.3 is 20.5 Å². The number of hydrogen-bond acceptors (Lipinski definition) is 4. The minimum atomic E-state index is -1.10. The van der Waals surface area contributed by atoms with Crippen LogP contribution < -0.4 is 10.6 Å². The third-order valence-corrected chi connectivity index (χ3v) is 5.12. The molecule has 7 nitrogen and oxygen atoms in total. The lowest BCUT2D eigenvalue weighted by Gasteiger charge is -2.38. The lowest BCUT2D eigenvalue weighted by Crippen LogP contribution is -2.59. The molecule has 3 atom stereocenters. The van der Waals surface area contributed by atoms with Gasteiger partial charge >= 0.3 is 5.97 Å². The molecule has 2 rings (SSSR count). The maximum absolute atomic E-state index is 13.0. The van der Waals surface area contributed by atoms with Crippen molar-refractivity contribution in [2.24, 2.45) is 0 Å². The maximum Gasteiger partial charge on any atom is 0.331 e. The Morgan fingerprint density at radius 2 is 1.84 bits per heavy atom. The maximum atomic E-state index is 13.0. The fourth-order valence-electron chi connectivity index (χ4n) is 3.48. The molecule has 2 amide bonds. The van der Waals surface area contributed by atoms with Crippen LogP contribution in [0.2, 0.25) is 0 Å². The summed E-state index contributed by atoms with van der Waals surface area (Å²) in [5.74, 6) is -2.24. The SMILES string of the molecule is CCC(CC)O[C@@H]1C=C(C(=O)O)C[C@H](NC(=O)/C=C/c2ccc(F)cc2)[C@H]1NC(C)=O. The van der Waals surface area contributed by atoms with Crippen LogP contribution in [0.15, 0.2) is 42.0 Å². The fraction of sp³-hybridized carbons (Fsp3) is 0.435. The molecule has 0 saturated heterocycles. The number of carbonyl (C=O) groups is 3. The minimum absolute atomic E-state index is 0.0409. The van der Waals surface area contributed by atoms with Gasteiger partial charge in [-0.3, -0.25) is 9.59 Å². The second-order valence-corrected chi connectivity index (χ2v) is 7.47. The minimum Gasteiger partial charge on any atom is -0.478 e. The van der Waals surface area contributed by atoms with Gasteiger partial charge in [0.2, 0.25) is 11.8 Å². The van der Waals surface area contributed by atoms with Crippen LogP contribution >= 0.6 is 0 Å². The number of carboxylic acids is 1. The van der Waals surface area contributed by atoms with Crippen LogP contribution in [0.1, 0.15) is 45.6 Å². The number of halogens is 1. The Balaban J connectivity index is 2.23. The van der Waals surface area contributed by atoms with E-state index >= 15 is 0 Å². The van der Waals surface area contributed by atoms with Crippen molar-refractivity contribution in [2.75, 3.05) is 0 Å². The van der Waals surface area contributed by atoms with Crippen molar-refractivity contribution in [1.29, 1.82) is 0 Å². The zero-order valence-corrected chi connectivity index (χ0v) is 17.9. The Hall–Kier alpha value is -3.00. The molecule has 0 heterocycles. The summed E-state index contributed by atoms with van der Waals surface area (Å²) < 4.78 is 19.1. The van der Waals surface area contributed by atoms with Gasteiger partial charge in [0.25, 0.3) is 0 Å². The van der Waals surface area contributed by atoms with Crippen LogP contribution in [-0.4, -0.2) is 47.2 Å². The number of rotatable bonds is 9. The lowest BCUT2D eigenvalue weighted by atomic mass is 9.87. The van der Waals surface area contributed by atoms with E-state index in [1.165, 1.54) is 49.4 Å². The lowest BCUT2D eigenvalue weighted by molar-refractivity contribution is -0.133. The topological polar surface area (TPSA) is 105 Å². The van der Waals surface area contributed by atoms with Crippen molar-refractivity contribution < 1.29 is 28.6 Å². The smallest absolute Gasteiger partial charge is 0.331 e. The predicted octanol–water partition coefficient (Wildman–Crippen LogP) is 2.82. The second kappa shape index (κ2) is 11.4. The quantitative estimate of drug-likeness (QED) is 0.521. The molecule has 1 aromatic carbocycles. The Kier molecular flexibility index (Phi) is 8.93. The number of hydrogen-bond donors (Lipinski definition) is 3. The monoisotopic (exact) mass is 432 g/mol. The number of aliphatic carboxylic acids is 1. The van der Waals surface area contributed by atoms with E-state index in [-0.39, 0.29) is 29.8 Å². The summed E-state index contributed by atoms with van der Waals surface area (Å²) in [4.78, 5) is 36.0. The molecule has 0 bridgehead atoms. The van der Waals surface area contributed by atoms with E-state index in [0.29, 0.717) is 5.56 Å². The van der Waals surface area contributed by atoms with Crippen molar-refractivity contribution >= 4 is 23.9 Å². The molecule has 1 aliphatic rings. The summed E-state index contributed by atoms with van der Waals surface area (Å²) in [6.07, 6.45) is 5.02. The molecule has 1 aliphatic carbocycles. The number of carboxylic acid groups (broad SMARTS) is 1. The first-order valence-corrected chi connectivity index (χ1v) is 10.3. The summed E-state index contributed by atoms with van der Waals surface area (Å²) in [6, 6.07) is 4.34. The first-order valence-electron chi connectivity index (χ1n) is 10.3. The van der Waals surface area contributed by atoms with Gasteiger partial charge in [-0.05, 0) is 42.7 Å². The molecule has 8 heteroatoms.